The number of guanidine groups is 1. The number of likely N-dealkylation sites (N-methyl/N-ethyl adjacent to an activating group) is 1. The van der Waals surface area contributed by atoms with Crippen LogP contribution in [0.2, 0.25) is 5.02 Å². The lowest BCUT2D eigenvalue weighted by Crippen LogP contribution is -2.59. The van der Waals surface area contributed by atoms with Gasteiger partial charge in [-0.15, -0.1) is 0 Å². The average molecular weight is 1480 g/mol. The highest BCUT2D eigenvalue weighted by molar-refractivity contribution is 6.30. The van der Waals surface area contributed by atoms with E-state index in [2.05, 4.69) is 63.1 Å². The molecule has 0 saturated carbocycles. The third-order valence-electron chi connectivity index (χ3n) is 17.1. The second-order valence-electron chi connectivity index (χ2n) is 26.0. The Hall–Kier alpha value is -10.7. The highest BCUT2D eigenvalue weighted by Gasteiger charge is 2.40. The molecule has 0 bridgehead atoms. The standard InChI is InChI=1S/C46H49ClN6O7.C27H51N11O6.CH4/c1-4-38(43(57)51-39(28(2)54)23-31-14-19-37(56)20-15-31)50-45(59)42(26-33-8-7-21-48-27-33)53-46(60)41(24-30-12-17-36(47)18-13-30)52-44(58)40(49-29(3)55)25-32-11-16-34-9-5-6-10-35(34)22-32;1-15(2)14-19(37-22(40)17(32-4)8-5-12-34-27(31)44)23(41)36-18(9-6-11-33-26(29)30)25(43)38-13-7-10-20(38)24(42)35-16(3)21(28)39;/h5-22,27,38-42,56H,4,23-26H2,1-3H3,(H,49,55)(H,50,59)(H,51,57)(H,52,58)(H,53,60);15-20,32H,5-14H2,1-4H3,(H2,28,39)(H,35,42)(H,36,41)(H,37,40)(H4,29,30,33)(H3,31,34,44);1H4/t38-,39-,40+,41+,42+;16-,17-,18+,19+,20-;/m01./s1. The Balaban J connectivity index is 0.000000463. The molecule has 1 aliphatic rings. The van der Waals surface area contributed by atoms with Crippen molar-refractivity contribution < 1.29 is 62.6 Å². The summed E-state index contributed by atoms with van der Waals surface area (Å²) in [5.41, 5.74) is 24.0. The number of nitrogens with one attached hydrogen (secondary N) is 10. The number of hydrogen-bond donors (Lipinski definition) is 15. The zero-order valence-corrected chi connectivity index (χ0v) is 60.6. The number of primary amides is 2. The van der Waals surface area contributed by atoms with Crippen LogP contribution < -0.4 is 76.1 Å². The first kappa shape index (κ1) is 86.7. The predicted octanol–water partition coefficient (Wildman–Crippen LogP) is 2.02. The fourth-order valence-corrected chi connectivity index (χ4v) is 11.6. The number of nitrogens with two attached hydrogens (primary N) is 4. The maximum absolute atomic E-state index is 14.3. The molecule has 1 saturated heterocycles. The number of carbonyl (C=O) groups excluding carboxylic acids is 12. The van der Waals surface area contributed by atoms with E-state index in [1.165, 1.54) is 37.8 Å². The van der Waals surface area contributed by atoms with Crippen LogP contribution in [0.3, 0.4) is 0 Å². The summed E-state index contributed by atoms with van der Waals surface area (Å²) in [7, 11) is 1.61. The molecule has 6 rings (SSSR count). The highest BCUT2D eigenvalue weighted by atomic mass is 35.5. The lowest BCUT2D eigenvalue weighted by Gasteiger charge is -2.30. The number of aromatic nitrogens is 1. The molecule has 4 aromatic carbocycles. The Morgan fingerprint density at radius 2 is 1.10 bits per heavy atom. The van der Waals surface area contributed by atoms with Gasteiger partial charge >= 0.3 is 6.03 Å². The van der Waals surface area contributed by atoms with E-state index in [4.69, 9.17) is 34.5 Å². The molecule has 0 aliphatic carbocycles. The van der Waals surface area contributed by atoms with Gasteiger partial charge in [0.1, 0.15) is 54.1 Å². The smallest absolute Gasteiger partial charge is 0.312 e. The van der Waals surface area contributed by atoms with Crippen molar-refractivity contribution in [3.63, 3.8) is 0 Å². The maximum atomic E-state index is 14.3. The fourth-order valence-electron chi connectivity index (χ4n) is 11.5. The van der Waals surface area contributed by atoms with Crippen molar-refractivity contribution in [1.29, 1.82) is 0 Å². The number of halogens is 1. The quantitative estimate of drug-likeness (QED) is 0.0153. The van der Waals surface area contributed by atoms with Crippen LogP contribution in [0.5, 0.6) is 5.75 Å². The van der Waals surface area contributed by atoms with Crippen molar-refractivity contribution in [2.24, 2.45) is 33.8 Å². The Bertz CT molecular complexity index is 3770. The van der Waals surface area contributed by atoms with E-state index in [1.54, 1.807) is 74.9 Å². The van der Waals surface area contributed by atoms with Gasteiger partial charge < -0.3 is 86.1 Å². The molecule has 0 spiro atoms. The van der Waals surface area contributed by atoms with Gasteiger partial charge in [-0.1, -0.05) is 113 Å². The van der Waals surface area contributed by atoms with Gasteiger partial charge in [0.2, 0.25) is 59.1 Å². The number of rotatable bonds is 38. The number of pyridine rings is 1. The van der Waals surface area contributed by atoms with Crippen molar-refractivity contribution in [2.75, 3.05) is 26.7 Å². The lowest BCUT2D eigenvalue weighted by molar-refractivity contribution is -0.142. The lowest BCUT2D eigenvalue weighted by atomic mass is 9.99. The number of likely N-dealkylation sites (tertiary alicyclic amines) is 1. The van der Waals surface area contributed by atoms with Gasteiger partial charge in [0.25, 0.3) is 0 Å². The van der Waals surface area contributed by atoms with E-state index in [0.29, 0.717) is 60.2 Å². The van der Waals surface area contributed by atoms with Gasteiger partial charge in [-0.3, -0.25) is 62.7 Å². The molecule has 1 aliphatic heterocycles. The first-order valence-corrected chi connectivity index (χ1v) is 35.0. The number of Topliss-reactive ketones (excluding diaryl/α,β-unsaturated/α-hetero) is 1. The number of aromatic hydroxyl groups is 1. The molecule has 5 aromatic rings. The van der Waals surface area contributed by atoms with Crippen LogP contribution in [-0.4, -0.2) is 179 Å². The minimum atomic E-state index is -1.24. The van der Waals surface area contributed by atoms with Crippen LogP contribution in [0.25, 0.3) is 10.8 Å². The molecule has 105 heavy (non-hydrogen) atoms. The van der Waals surface area contributed by atoms with E-state index in [1.807, 2.05) is 56.3 Å². The van der Waals surface area contributed by atoms with Gasteiger partial charge in [0.15, 0.2) is 11.7 Å². The molecule has 0 radical (unpaired) electrons. The second kappa shape index (κ2) is 44.0. The molecular formula is C74H104ClN17O13. The van der Waals surface area contributed by atoms with E-state index in [9.17, 15) is 62.6 Å². The number of ketones is 1. The fraction of sp³-hybridized carbons (Fsp3) is 0.459. The van der Waals surface area contributed by atoms with Crippen LogP contribution in [0.15, 0.2) is 121 Å². The highest BCUT2D eigenvalue weighted by Crippen LogP contribution is 2.22. The number of aliphatic imine (C=N–C) groups is 1. The Morgan fingerprint density at radius 3 is 1.67 bits per heavy atom. The predicted molar refractivity (Wildman–Crippen MR) is 400 cm³/mol. The third kappa shape index (κ3) is 29.9. The number of nitrogens with zero attached hydrogens (tertiary/aromatic N) is 3. The normalized spacial score (nSPS) is 14.9. The topological polar surface area (TPSA) is 478 Å². The van der Waals surface area contributed by atoms with Crippen LogP contribution in [0, 0.1) is 5.92 Å². The van der Waals surface area contributed by atoms with Crippen molar-refractivity contribution in [2.45, 2.75) is 186 Å². The molecular weight excluding hydrogens is 1370 g/mol. The number of carbonyl (C=O) groups is 12. The second-order valence-corrected chi connectivity index (χ2v) is 26.4. The van der Waals surface area contributed by atoms with Gasteiger partial charge in [-0.25, -0.2) is 4.79 Å². The van der Waals surface area contributed by atoms with Gasteiger partial charge in [-0.05, 0) is 148 Å². The van der Waals surface area contributed by atoms with E-state index in [-0.39, 0.29) is 89.0 Å². The minimum absolute atomic E-state index is 0. The third-order valence-corrected chi connectivity index (χ3v) is 17.4. The average Bonchev–Trinajstić information content (AvgIpc) is 1.80. The molecule has 570 valence electrons. The van der Waals surface area contributed by atoms with Crippen LogP contribution in [0.1, 0.15) is 123 Å². The molecule has 1 aromatic heterocycles. The summed E-state index contributed by atoms with van der Waals surface area (Å²) >= 11 is 6.15. The maximum Gasteiger partial charge on any atom is 0.312 e. The molecule has 12 amide bonds. The van der Waals surface area contributed by atoms with Gasteiger partial charge in [0, 0.05) is 63.2 Å². The minimum Gasteiger partial charge on any atom is -0.508 e. The molecule has 10 atom stereocenters. The van der Waals surface area contributed by atoms with Crippen molar-refractivity contribution in [3.8, 4) is 5.75 Å². The summed E-state index contributed by atoms with van der Waals surface area (Å²) in [6.07, 6.45) is 6.15. The van der Waals surface area contributed by atoms with Crippen molar-refractivity contribution >= 4 is 99.2 Å². The van der Waals surface area contributed by atoms with Crippen LogP contribution in [-0.2, 0) is 78.4 Å². The molecule has 1 fully saturated rings. The largest absolute Gasteiger partial charge is 0.508 e. The monoisotopic (exact) mass is 1470 g/mol. The number of phenolic OH excluding ortho intramolecular Hbond substituents is 1. The molecule has 31 heteroatoms. The molecule has 0 unspecified atom stereocenters. The Labute approximate surface area is 617 Å². The summed E-state index contributed by atoms with van der Waals surface area (Å²) < 4.78 is 0. The van der Waals surface area contributed by atoms with E-state index < -0.39 is 126 Å². The zero-order valence-electron chi connectivity index (χ0n) is 59.8. The SMILES string of the molecule is C.CC[C@H](NC(=O)[C@@H](Cc1cccnc1)NC(=O)[C@@H](Cc1ccc(Cl)cc1)NC(=O)[C@@H](Cc1ccc2ccccc2c1)NC(C)=O)C(=O)N[C@@H](Cc1ccc(O)cc1)C(C)=O.CN[C@H](CCCNC(N)=O)C(=O)N[C@@H](CC(C)C)C(=O)N[C@@H](CCCN=C(N)N)C(=O)N1CCC[C@@H]1C(=O)N[C@H](C)C(N)=O. The first-order chi connectivity index (χ1) is 49.4. The number of phenols is 1. The molecule has 2 heterocycles. The van der Waals surface area contributed by atoms with Gasteiger partial charge in [0.05, 0.1) is 12.1 Å². The van der Waals surface area contributed by atoms with Gasteiger partial charge in [-0.2, -0.15) is 0 Å². The van der Waals surface area contributed by atoms with Crippen LogP contribution >= 0.6 is 11.6 Å². The molecule has 30 nitrogen and oxygen atoms in total. The number of urea groups is 1. The number of hydrogen-bond acceptors (Lipinski definition) is 16. The van der Waals surface area contributed by atoms with E-state index >= 15 is 0 Å². The van der Waals surface area contributed by atoms with Crippen molar-refractivity contribution in [3.05, 3.63) is 143 Å². The van der Waals surface area contributed by atoms with Crippen LogP contribution in [0.4, 0.5) is 4.79 Å². The zero-order chi connectivity index (χ0) is 76.6. The summed E-state index contributed by atoms with van der Waals surface area (Å²) in [5.74, 6) is -6.02. The van der Waals surface area contributed by atoms with Crippen molar-refractivity contribution in [1.82, 2.24) is 63.1 Å². The first-order valence-electron chi connectivity index (χ1n) is 34.6. The Morgan fingerprint density at radius 1 is 0.590 bits per heavy atom. The summed E-state index contributed by atoms with van der Waals surface area (Å²) in [6.45, 7) is 10.4. The number of benzene rings is 4. The Kier molecular flexibility index (Phi) is 36.3. The number of fused-ring (bicyclic) bond motifs is 1. The number of amides is 12. The van der Waals surface area contributed by atoms with E-state index in [0.717, 1.165) is 16.3 Å². The summed E-state index contributed by atoms with van der Waals surface area (Å²) in [4.78, 5) is 166. The summed E-state index contributed by atoms with van der Waals surface area (Å²) in [6, 6.07) is 19.4. The summed E-state index contributed by atoms with van der Waals surface area (Å²) in [5, 5.41) is 39.4. The molecule has 19 N–H and O–H groups in total.